The molecule has 19 heavy (non-hydrogen) atoms. The van der Waals surface area contributed by atoms with Gasteiger partial charge in [-0.05, 0) is 37.9 Å². The fourth-order valence-corrected chi connectivity index (χ4v) is 2.55. The minimum absolute atomic E-state index is 0.140. The largest absolute Gasteiger partial charge is 0.493 e. The number of carbonyl (C=O) groups is 1. The lowest BCUT2D eigenvalue weighted by molar-refractivity contribution is -0.138. The lowest BCUT2D eigenvalue weighted by Gasteiger charge is -2.31. The molecule has 1 aliphatic heterocycles. The van der Waals surface area contributed by atoms with Gasteiger partial charge in [0.1, 0.15) is 5.75 Å². The molecule has 0 spiro atoms. The Bertz CT molecular complexity index is 433. The fraction of sp³-hybridized carbons (Fsp3) is 0.533. The number of rotatable bonds is 5. The van der Waals surface area contributed by atoms with Gasteiger partial charge in [0.2, 0.25) is 0 Å². The van der Waals surface area contributed by atoms with E-state index in [9.17, 15) is 4.79 Å². The maximum Gasteiger partial charge on any atom is 0.317 e. The van der Waals surface area contributed by atoms with Crippen LogP contribution in [0, 0.1) is 12.8 Å². The van der Waals surface area contributed by atoms with Crippen LogP contribution in [0.15, 0.2) is 24.3 Å². The summed E-state index contributed by atoms with van der Waals surface area (Å²) in [6, 6.07) is 7.98. The van der Waals surface area contributed by atoms with Crippen LogP contribution >= 0.6 is 0 Å². The van der Waals surface area contributed by atoms with Crippen LogP contribution in [0.25, 0.3) is 0 Å². The minimum Gasteiger partial charge on any atom is -0.493 e. The number of ether oxygens (including phenoxy) is 1. The normalized spacial score (nSPS) is 20.2. The van der Waals surface area contributed by atoms with Gasteiger partial charge in [-0.2, -0.15) is 0 Å². The Hall–Kier alpha value is -1.55. The van der Waals surface area contributed by atoms with Crippen molar-refractivity contribution in [2.75, 3.05) is 26.2 Å². The molecule has 104 valence electrons. The monoisotopic (exact) mass is 263 g/mol. The maximum absolute atomic E-state index is 10.7. The molecule has 0 amide bonds. The molecule has 0 bridgehead atoms. The Morgan fingerprint density at radius 3 is 3.00 bits per heavy atom. The molecule has 0 unspecified atom stereocenters. The second kappa shape index (κ2) is 6.57. The Kier molecular flexibility index (Phi) is 4.80. The first-order valence-electron chi connectivity index (χ1n) is 6.77. The van der Waals surface area contributed by atoms with Gasteiger partial charge >= 0.3 is 5.97 Å². The van der Waals surface area contributed by atoms with Gasteiger partial charge < -0.3 is 9.84 Å². The van der Waals surface area contributed by atoms with E-state index in [4.69, 9.17) is 9.84 Å². The highest BCUT2D eigenvalue weighted by Gasteiger charge is 2.21. The molecule has 1 heterocycles. The highest BCUT2D eigenvalue weighted by Crippen LogP contribution is 2.20. The van der Waals surface area contributed by atoms with E-state index < -0.39 is 5.97 Å². The summed E-state index contributed by atoms with van der Waals surface area (Å²) in [7, 11) is 0. The molecular weight excluding hydrogens is 242 g/mol. The number of piperidine rings is 1. The molecule has 1 aromatic rings. The molecule has 1 aromatic carbocycles. The number of carboxylic acids is 1. The predicted octanol–water partition coefficient (Wildman–Crippen LogP) is 2.17. The number of benzene rings is 1. The van der Waals surface area contributed by atoms with Crippen molar-refractivity contribution < 1.29 is 14.6 Å². The van der Waals surface area contributed by atoms with E-state index in [1.165, 1.54) is 0 Å². The standard InChI is InChI=1S/C15H21NO3/c1-12-5-2-3-7-14(12)19-11-13-6-4-8-16(9-13)10-15(17)18/h2-3,5,7,13H,4,6,8-11H2,1H3,(H,17,18)/t13-/m1/s1. The second-order valence-electron chi connectivity index (χ2n) is 5.21. The molecule has 1 aliphatic rings. The van der Waals surface area contributed by atoms with Gasteiger partial charge in [-0.3, -0.25) is 9.69 Å². The zero-order valence-electron chi connectivity index (χ0n) is 11.3. The van der Waals surface area contributed by atoms with Gasteiger partial charge in [-0.25, -0.2) is 0 Å². The molecule has 0 aromatic heterocycles. The van der Waals surface area contributed by atoms with E-state index in [0.29, 0.717) is 12.5 Å². The second-order valence-corrected chi connectivity index (χ2v) is 5.21. The summed E-state index contributed by atoms with van der Waals surface area (Å²) >= 11 is 0. The number of aryl methyl sites for hydroxylation is 1. The van der Waals surface area contributed by atoms with Crippen molar-refractivity contribution in [2.24, 2.45) is 5.92 Å². The highest BCUT2D eigenvalue weighted by molar-refractivity contribution is 5.69. The molecule has 0 saturated carbocycles. The first kappa shape index (κ1) is 13.9. The van der Waals surface area contributed by atoms with Gasteiger partial charge in [0, 0.05) is 12.5 Å². The number of aliphatic carboxylic acids is 1. The predicted molar refractivity (Wildman–Crippen MR) is 73.5 cm³/mol. The van der Waals surface area contributed by atoms with Crippen LogP contribution in [0.5, 0.6) is 5.75 Å². The van der Waals surface area contributed by atoms with Crippen LogP contribution in [0.4, 0.5) is 0 Å². The molecule has 1 saturated heterocycles. The Balaban J connectivity index is 1.82. The third-order valence-corrected chi connectivity index (χ3v) is 3.53. The number of para-hydroxylation sites is 1. The molecule has 0 radical (unpaired) electrons. The molecule has 1 atom stereocenters. The van der Waals surface area contributed by atoms with Crippen LogP contribution < -0.4 is 4.74 Å². The van der Waals surface area contributed by atoms with E-state index in [1.807, 2.05) is 36.1 Å². The summed E-state index contributed by atoms with van der Waals surface area (Å²) in [6.45, 7) is 4.54. The van der Waals surface area contributed by atoms with E-state index in [1.54, 1.807) is 0 Å². The van der Waals surface area contributed by atoms with E-state index in [2.05, 4.69) is 0 Å². The summed E-state index contributed by atoms with van der Waals surface area (Å²) < 4.78 is 5.86. The molecule has 0 aliphatic carbocycles. The molecule has 4 nitrogen and oxygen atoms in total. The number of likely N-dealkylation sites (tertiary alicyclic amines) is 1. The summed E-state index contributed by atoms with van der Waals surface area (Å²) in [6.07, 6.45) is 2.16. The lowest BCUT2D eigenvalue weighted by atomic mass is 9.99. The van der Waals surface area contributed by atoms with Crippen molar-refractivity contribution in [3.05, 3.63) is 29.8 Å². The number of hydrogen-bond donors (Lipinski definition) is 1. The third kappa shape index (κ3) is 4.24. The third-order valence-electron chi connectivity index (χ3n) is 3.53. The topological polar surface area (TPSA) is 49.8 Å². The summed E-state index contributed by atoms with van der Waals surface area (Å²) in [5.41, 5.74) is 1.14. The minimum atomic E-state index is -0.750. The summed E-state index contributed by atoms with van der Waals surface area (Å²) in [5, 5.41) is 8.82. The van der Waals surface area contributed by atoms with Crippen LogP contribution in [0.1, 0.15) is 18.4 Å². The number of carboxylic acid groups (broad SMARTS) is 1. The first-order chi connectivity index (χ1) is 9.15. The van der Waals surface area contributed by atoms with Crippen molar-refractivity contribution in [3.8, 4) is 5.75 Å². The Labute approximate surface area is 114 Å². The summed E-state index contributed by atoms with van der Waals surface area (Å²) in [5.74, 6) is 0.603. The average Bonchev–Trinajstić information content (AvgIpc) is 2.37. The van der Waals surface area contributed by atoms with Crippen LogP contribution in [0.3, 0.4) is 0 Å². The SMILES string of the molecule is Cc1ccccc1OC[C@@H]1CCCN(CC(=O)O)C1. The average molecular weight is 263 g/mol. The smallest absolute Gasteiger partial charge is 0.317 e. The van der Waals surface area contributed by atoms with E-state index in [0.717, 1.165) is 37.2 Å². The Morgan fingerprint density at radius 2 is 2.26 bits per heavy atom. The van der Waals surface area contributed by atoms with Gasteiger partial charge in [-0.1, -0.05) is 18.2 Å². The number of hydrogen-bond acceptors (Lipinski definition) is 3. The lowest BCUT2D eigenvalue weighted by Crippen LogP contribution is -2.40. The molecule has 1 N–H and O–H groups in total. The Morgan fingerprint density at radius 1 is 1.47 bits per heavy atom. The number of nitrogens with zero attached hydrogens (tertiary/aromatic N) is 1. The van der Waals surface area contributed by atoms with Crippen molar-refractivity contribution in [3.63, 3.8) is 0 Å². The van der Waals surface area contributed by atoms with E-state index in [-0.39, 0.29) is 6.54 Å². The zero-order valence-corrected chi connectivity index (χ0v) is 11.3. The van der Waals surface area contributed by atoms with Crippen molar-refractivity contribution in [2.45, 2.75) is 19.8 Å². The highest BCUT2D eigenvalue weighted by atomic mass is 16.5. The quantitative estimate of drug-likeness (QED) is 0.884. The summed E-state index contributed by atoms with van der Waals surface area (Å²) in [4.78, 5) is 12.7. The fourth-order valence-electron chi connectivity index (χ4n) is 2.55. The molecule has 2 rings (SSSR count). The molecule has 4 heteroatoms. The van der Waals surface area contributed by atoms with Gasteiger partial charge in [0.15, 0.2) is 0 Å². The van der Waals surface area contributed by atoms with Crippen LogP contribution in [-0.2, 0) is 4.79 Å². The van der Waals surface area contributed by atoms with Gasteiger partial charge in [0.25, 0.3) is 0 Å². The molecular formula is C15H21NO3. The van der Waals surface area contributed by atoms with Crippen LogP contribution in [0.2, 0.25) is 0 Å². The van der Waals surface area contributed by atoms with Crippen molar-refractivity contribution in [1.82, 2.24) is 4.90 Å². The van der Waals surface area contributed by atoms with Crippen LogP contribution in [-0.4, -0.2) is 42.2 Å². The van der Waals surface area contributed by atoms with Gasteiger partial charge in [-0.15, -0.1) is 0 Å². The van der Waals surface area contributed by atoms with E-state index >= 15 is 0 Å². The zero-order chi connectivity index (χ0) is 13.7. The van der Waals surface area contributed by atoms with Crippen molar-refractivity contribution >= 4 is 5.97 Å². The maximum atomic E-state index is 10.7. The van der Waals surface area contributed by atoms with Gasteiger partial charge in [0.05, 0.1) is 13.2 Å². The molecule has 1 fully saturated rings. The first-order valence-corrected chi connectivity index (χ1v) is 6.77. The van der Waals surface area contributed by atoms with Crippen molar-refractivity contribution in [1.29, 1.82) is 0 Å².